The number of alkyl halides is 3. The third-order valence-corrected chi connectivity index (χ3v) is 3.35. The van der Waals surface area contributed by atoms with Gasteiger partial charge in [-0.25, -0.2) is 0 Å². The first-order valence-electron chi connectivity index (χ1n) is 6.73. The van der Waals surface area contributed by atoms with Crippen LogP contribution in [-0.2, 0) is 15.8 Å². The molecule has 0 radical (unpaired) electrons. The van der Waals surface area contributed by atoms with Crippen LogP contribution in [0, 0.1) is 0 Å². The largest absolute Gasteiger partial charge is 0.416 e. The van der Waals surface area contributed by atoms with Crippen LogP contribution in [0.4, 0.5) is 18.9 Å². The number of carbonyl (C=O) groups is 2. The molecule has 2 N–H and O–H groups in total. The molecule has 0 aromatic heterocycles. The van der Waals surface area contributed by atoms with E-state index in [0.717, 1.165) is 24.3 Å². The second kappa shape index (κ2) is 6.35. The molecule has 0 saturated carbocycles. The summed E-state index contributed by atoms with van der Waals surface area (Å²) >= 11 is 0. The molecule has 1 saturated heterocycles. The fourth-order valence-corrected chi connectivity index (χ4v) is 2.21. The number of anilines is 1. The molecule has 5 nitrogen and oxygen atoms in total. The van der Waals surface area contributed by atoms with Gasteiger partial charge in [-0.2, -0.15) is 13.2 Å². The molecule has 2 rings (SSSR count). The third kappa shape index (κ3) is 3.97. The molecule has 1 aromatic carbocycles. The van der Waals surface area contributed by atoms with Crippen molar-refractivity contribution in [3.8, 4) is 0 Å². The van der Waals surface area contributed by atoms with Crippen LogP contribution >= 0.6 is 0 Å². The first-order chi connectivity index (χ1) is 10.3. The summed E-state index contributed by atoms with van der Waals surface area (Å²) in [6.07, 6.45) is -3.94. The van der Waals surface area contributed by atoms with E-state index in [0.29, 0.717) is 19.4 Å². The van der Waals surface area contributed by atoms with Gasteiger partial charge in [0.1, 0.15) is 0 Å². The highest BCUT2D eigenvalue weighted by Gasteiger charge is 2.30. The van der Waals surface area contributed by atoms with Crippen molar-refractivity contribution in [3.05, 3.63) is 29.8 Å². The summed E-state index contributed by atoms with van der Waals surface area (Å²) in [5.41, 5.74) is -0.736. The predicted molar refractivity (Wildman–Crippen MR) is 71.9 cm³/mol. The number of hydrogen-bond donors (Lipinski definition) is 2. The van der Waals surface area contributed by atoms with E-state index in [1.807, 2.05) is 0 Å². The Hall–Kier alpha value is -2.09. The topological polar surface area (TPSA) is 69.6 Å². The van der Waals surface area contributed by atoms with Gasteiger partial charge < -0.3 is 15.3 Å². The first-order valence-corrected chi connectivity index (χ1v) is 6.73. The lowest BCUT2D eigenvalue weighted by Gasteiger charge is -2.29. The fraction of sp³-hybridized carbons (Fsp3) is 0.429. The second-order valence-electron chi connectivity index (χ2n) is 5.08. The number of aliphatic hydroxyl groups is 1. The Balaban J connectivity index is 1.98. The predicted octanol–water partition coefficient (Wildman–Crippen LogP) is 1.63. The SMILES string of the molecule is O=C(Nc1ccc(C(F)(F)F)cc1)C(=O)N1CCCC(O)C1. The fourth-order valence-electron chi connectivity index (χ4n) is 2.21. The third-order valence-electron chi connectivity index (χ3n) is 3.35. The van der Waals surface area contributed by atoms with Gasteiger partial charge in [-0.05, 0) is 37.1 Å². The van der Waals surface area contributed by atoms with Crippen molar-refractivity contribution in [2.75, 3.05) is 18.4 Å². The van der Waals surface area contributed by atoms with Gasteiger partial charge in [0, 0.05) is 18.8 Å². The minimum Gasteiger partial charge on any atom is -0.391 e. The number of benzene rings is 1. The van der Waals surface area contributed by atoms with Crippen LogP contribution < -0.4 is 5.32 Å². The van der Waals surface area contributed by atoms with Crippen LogP contribution in [0.3, 0.4) is 0 Å². The number of nitrogens with zero attached hydrogens (tertiary/aromatic N) is 1. The van der Waals surface area contributed by atoms with Crippen molar-refractivity contribution in [2.45, 2.75) is 25.1 Å². The summed E-state index contributed by atoms with van der Waals surface area (Å²) in [6, 6.07) is 3.81. The maximum absolute atomic E-state index is 12.4. The zero-order chi connectivity index (χ0) is 16.3. The minimum absolute atomic E-state index is 0.0826. The van der Waals surface area contributed by atoms with Crippen LogP contribution in [-0.4, -0.2) is 41.0 Å². The summed E-state index contributed by atoms with van der Waals surface area (Å²) < 4.78 is 37.3. The lowest BCUT2D eigenvalue weighted by molar-refractivity contribution is -0.145. The Bertz CT molecular complexity index is 557. The van der Waals surface area contributed by atoms with Crippen molar-refractivity contribution >= 4 is 17.5 Å². The number of likely N-dealkylation sites (tertiary alicyclic amines) is 1. The lowest BCUT2D eigenvalue weighted by Crippen LogP contribution is -2.46. The van der Waals surface area contributed by atoms with Crippen molar-refractivity contribution in [3.63, 3.8) is 0 Å². The normalized spacial score (nSPS) is 18.9. The van der Waals surface area contributed by atoms with E-state index in [1.54, 1.807) is 0 Å². The first kappa shape index (κ1) is 16.3. The number of hydrogen-bond acceptors (Lipinski definition) is 3. The molecule has 2 amide bonds. The van der Waals surface area contributed by atoms with E-state index >= 15 is 0 Å². The Morgan fingerprint density at radius 3 is 2.41 bits per heavy atom. The quantitative estimate of drug-likeness (QED) is 0.774. The summed E-state index contributed by atoms with van der Waals surface area (Å²) in [4.78, 5) is 24.9. The molecular weight excluding hydrogens is 301 g/mol. The minimum atomic E-state index is -4.46. The summed E-state index contributed by atoms with van der Waals surface area (Å²) in [7, 11) is 0. The van der Waals surface area contributed by atoms with Gasteiger partial charge >= 0.3 is 18.0 Å². The molecule has 1 aliphatic rings. The van der Waals surface area contributed by atoms with E-state index < -0.39 is 29.7 Å². The van der Waals surface area contributed by atoms with Gasteiger partial charge in [-0.15, -0.1) is 0 Å². The number of halogens is 3. The molecular formula is C14H15F3N2O3. The van der Waals surface area contributed by atoms with Gasteiger partial charge in [-0.3, -0.25) is 9.59 Å². The molecule has 0 spiro atoms. The molecule has 22 heavy (non-hydrogen) atoms. The highest BCUT2D eigenvalue weighted by atomic mass is 19.4. The smallest absolute Gasteiger partial charge is 0.391 e. The van der Waals surface area contributed by atoms with Crippen molar-refractivity contribution in [1.29, 1.82) is 0 Å². The Kier molecular flexibility index (Phi) is 4.70. The molecule has 120 valence electrons. The summed E-state index contributed by atoms with van der Waals surface area (Å²) in [6.45, 7) is 0.454. The highest BCUT2D eigenvalue weighted by molar-refractivity contribution is 6.39. The molecule has 1 fully saturated rings. The van der Waals surface area contributed by atoms with Gasteiger partial charge in [0.25, 0.3) is 0 Å². The molecule has 1 unspecified atom stereocenters. The Morgan fingerprint density at radius 2 is 1.86 bits per heavy atom. The molecule has 0 aliphatic carbocycles. The van der Waals surface area contributed by atoms with Crippen molar-refractivity contribution in [2.24, 2.45) is 0 Å². The van der Waals surface area contributed by atoms with E-state index in [2.05, 4.69) is 5.32 Å². The molecule has 1 aromatic rings. The highest BCUT2D eigenvalue weighted by Crippen LogP contribution is 2.29. The van der Waals surface area contributed by atoms with Crippen LogP contribution in [0.25, 0.3) is 0 Å². The number of β-amino-alcohol motifs (C(OH)–C–C–N with tert-alkyl or cyclic N) is 1. The maximum atomic E-state index is 12.4. The van der Waals surface area contributed by atoms with Crippen LogP contribution in [0.1, 0.15) is 18.4 Å². The van der Waals surface area contributed by atoms with E-state index in [-0.39, 0.29) is 12.2 Å². The average Bonchev–Trinajstić information content (AvgIpc) is 2.46. The number of nitrogens with one attached hydrogen (secondary N) is 1. The number of aliphatic hydroxyl groups excluding tert-OH is 1. The molecule has 1 heterocycles. The van der Waals surface area contributed by atoms with E-state index in [4.69, 9.17) is 0 Å². The van der Waals surface area contributed by atoms with E-state index in [1.165, 1.54) is 4.90 Å². The Labute approximate surface area is 124 Å². The lowest BCUT2D eigenvalue weighted by atomic mass is 10.1. The second-order valence-corrected chi connectivity index (χ2v) is 5.08. The van der Waals surface area contributed by atoms with Crippen LogP contribution in [0.15, 0.2) is 24.3 Å². The van der Waals surface area contributed by atoms with Crippen molar-refractivity contribution < 1.29 is 27.9 Å². The van der Waals surface area contributed by atoms with E-state index in [9.17, 15) is 27.9 Å². The standard InChI is InChI=1S/C14H15F3N2O3/c15-14(16,17)9-3-5-10(6-4-9)18-12(21)13(22)19-7-1-2-11(20)8-19/h3-6,11,20H,1-2,7-8H2,(H,18,21). The molecule has 0 bridgehead atoms. The number of piperidine rings is 1. The monoisotopic (exact) mass is 316 g/mol. The number of rotatable bonds is 1. The molecule has 8 heteroatoms. The average molecular weight is 316 g/mol. The van der Waals surface area contributed by atoms with Gasteiger partial charge in [0.15, 0.2) is 0 Å². The van der Waals surface area contributed by atoms with Crippen LogP contribution in [0.2, 0.25) is 0 Å². The van der Waals surface area contributed by atoms with Crippen LogP contribution in [0.5, 0.6) is 0 Å². The maximum Gasteiger partial charge on any atom is 0.416 e. The zero-order valence-electron chi connectivity index (χ0n) is 11.6. The zero-order valence-corrected chi connectivity index (χ0v) is 11.6. The van der Waals surface area contributed by atoms with Gasteiger partial charge in [0.2, 0.25) is 0 Å². The number of carbonyl (C=O) groups excluding carboxylic acids is 2. The van der Waals surface area contributed by atoms with Crippen molar-refractivity contribution in [1.82, 2.24) is 4.90 Å². The number of amides is 2. The summed E-state index contributed by atoms with van der Waals surface area (Å²) in [5, 5.41) is 11.7. The molecule has 1 atom stereocenters. The Morgan fingerprint density at radius 1 is 1.23 bits per heavy atom. The van der Waals surface area contributed by atoms with Gasteiger partial charge in [-0.1, -0.05) is 0 Å². The van der Waals surface area contributed by atoms with Gasteiger partial charge in [0.05, 0.1) is 11.7 Å². The summed E-state index contributed by atoms with van der Waals surface area (Å²) in [5.74, 6) is -1.74. The molecule has 1 aliphatic heterocycles.